The summed E-state index contributed by atoms with van der Waals surface area (Å²) in [7, 11) is 0. The molecule has 6 nitrogen and oxygen atoms in total. The predicted molar refractivity (Wildman–Crippen MR) is 104 cm³/mol. The Morgan fingerprint density at radius 3 is 2.85 bits per heavy atom. The SMILES string of the molecule is CCNC(=NCCCOCC1CC1)NC1CC(=O)N(c2ccccc2)C1. The lowest BCUT2D eigenvalue weighted by molar-refractivity contribution is -0.117. The molecule has 1 saturated heterocycles. The van der Waals surface area contributed by atoms with E-state index in [9.17, 15) is 4.79 Å². The topological polar surface area (TPSA) is 66.0 Å². The predicted octanol–water partition coefficient (Wildman–Crippen LogP) is 2.16. The molecule has 0 spiro atoms. The Kier molecular flexibility index (Phi) is 6.89. The molecule has 0 aromatic heterocycles. The van der Waals surface area contributed by atoms with Crippen molar-refractivity contribution in [3.63, 3.8) is 0 Å². The molecule has 1 aliphatic heterocycles. The monoisotopic (exact) mass is 358 g/mol. The van der Waals surface area contributed by atoms with E-state index in [1.807, 2.05) is 42.2 Å². The number of aliphatic imine (C=N–C) groups is 1. The maximum Gasteiger partial charge on any atom is 0.229 e. The molecule has 0 bridgehead atoms. The third kappa shape index (κ3) is 5.73. The van der Waals surface area contributed by atoms with Gasteiger partial charge in [-0.05, 0) is 44.2 Å². The second-order valence-corrected chi connectivity index (χ2v) is 7.02. The van der Waals surface area contributed by atoms with Gasteiger partial charge in [0.05, 0.1) is 6.04 Å². The Labute approximate surface area is 156 Å². The van der Waals surface area contributed by atoms with Gasteiger partial charge < -0.3 is 20.3 Å². The molecule has 3 rings (SSSR count). The van der Waals surface area contributed by atoms with E-state index in [0.717, 1.165) is 50.3 Å². The molecule has 1 aromatic carbocycles. The van der Waals surface area contributed by atoms with Crippen molar-refractivity contribution in [3.8, 4) is 0 Å². The number of benzene rings is 1. The number of hydrogen-bond donors (Lipinski definition) is 2. The number of guanidine groups is 1. The maximum atomic E-state index is 12.3. The van der Waals surface area contributed by atoms with E-state index >= 15 is 0 Å². The largest absolute Gasteiger partial charge is 0.381 e. The average molecular weight is 358 g/mol. The summed E-state index contributed by atoms with van der Waals surface area (Å²) in [5, 5.41) is 6.67. The van der Waals surface area contributed by atoms with Crippen molar-refractivity contribution in [2.24, 2.45) is 10.9 Å². The smallest absolute Gasteiger partial charge is 0.229 e. The number of ether oxygens (including phenoxy) is 1. The molecule has 1 aliphatic carbocycles. The summed E-state index contributed by atoms with van der Waals surface area (Å²) in [6.07, 6.45) is 4.06. The molecule has 0 radical (unpaired) electrons. The van der Waals surface area contributed by atoms with Crippen LogP contribution in [0.15, 0.2) is 35.3 Å². The summed E-state index contributed by atoms with van der Waals surface area (Å²) in [6.45, 7) is 5.91. The first kappa shape index (κ1) is 18.7. The number of carbonyl (C=O) groups is 1. The molecule has 26 heavy (non-hydrogen) atoms. The third-order valence-electron chi connectivity index (χ3n) is 4.65. The Hall–Kier alpha value is -2.08. The second-order valence-electron chi connectivity index (χ2n) is 7.02. The molecular weight excluding hydrogens is 328 g/mol. The zero-order valence-corrected chi connectivity index (χ0v) is 15.6. The van der Waals surface area contributed by atoms with E-state index in [-0.39, 0.29) is 11.9 Å². The van der Waals surface area contributed by atoms with Gasteiger partial charge in [-0.3, -0.25) is 9.79 Å². The van der Waals surface area contributed by atoms with Gasteiger partial charge in [0.15, 0.2) is 5.96 Å². The second kappa shape index (κ2) is 9.57. The number of para-hydroxylation sites is 1. The Morgan fingerprint density at radius 2 is 2.12 bits per heavy atom. The Bertz CT molecular complexity index is 601. The van der Waals surface area contributed by atoms with Crippen LogP contribution >= 0.6 is 0 Å². The highest BCUT2D eigenvalue weighted by Crippen LogP contribution is 2.28. The highest BCUT2D eigenvalue weighted by atomic mass is 16.5. The van der Waals surface area contributed by atoms with E-state index in [2.05, 4.69) is 15.6 Å². The van der Waals surface area contributed by atoms with Gasteiger partial charge in [-0.15, -0.1) is 0 Å². The van der Waals surface area contributed by atoms with Gasteiger partial charge in [-0.1, -0.05) is 18.2 Å². The first-order valence-electron chi connectivity index (χ1n) is 9.74. The molecule has 2 fully saturated rings. The van der Waals surface area contributed by atoms with Gasteiger partial charge in [0.2, 0.25) is 5.91 Å². The third-order valence-corrected chi connectivity index (χ3v) is 4.65. The summed E-state index contributed by atoms with van der Waals surface area (Å²) in [5.74, 6) is 1.74. The van der Waals surface area contributed by atoms with Gasteiger partial charge >= 0.3 is 0 Å². The number of nitrogens with one attached hydrogen (secondary N) is 2. The summed E-state index contributed by atoms with van der Waals surface area (Å²) in [4.78, 5) is 18.8. The van der Waals surface area contributed by atoms with Crippen LogP contribution in [0, 0.1) is 5.92 Å². The first-order chi connectivity index (χ1) is 12.8. The van der Waals surface area contributed by atoms with Crippen molar-refractivity contribution < 1.29 is 9.53 Å². The Balaban J connectivity index is 1.44. The Morgan fingerprint density at radius 1 is 1.31 bits per heavy atom. The molecule has 6 heteroatoms. The van der Waals surface area contributed by atoms with Crippen LogP contribution in [0.1, 0.15) is 32.6 Å². The van der Waals surface area contributed by atoms with Crippen LogP contribution in [0.5, 0.6) is 0 Å². The minimum atomic E-state index is 0.0756. The minimum absolute atomic E-state index is 0.0756. The zero-order chi connectivity index (χ0) is 18.2. The van der Waals surface area contributed by atoms with Gasteiger partial charge in [0.25, 0.3) is 0 Å². The van der Waals surface area contributed by atoms with Crippen LogP contribution in [0.3, 0.4) is 0 Å². The summed E-state index contributed by atoms with van der Waals surface area (Å²) in [5.41, 5.74) is 0.955. The van der Waals surface area contributed by atoms with E-state index in [0.29, 0.717) is 13.0 Å². The molecule has 1 heterocycles. The van der Waals surface area contributed by atoms with Gasteiger partial charge in [-0.25, -0.2) is 0 Å². The van der Waals surface area contributed by atoms with E-state index in [4.69, 9.17) is 4.74 Å². The fourth-order valence-corrected chi connectivity index (χ4v) is 3.07. The van der Waals surface area contributed by atoms with E-state index in [1.165, 1.54) is 12.8 Å². The standard InChI is InChI=1S/C20H30N4O2/c1-2-21-20(22-11-6-12-26-15-16-9-10-16)23-17-13-19(25)24(14-17)18-7-4-3-5-8-18/h3-5,7-8,16-17H,2,6,9-15H2,1H3,(H2,21,22,23). The molecular formula is C20H30N4O2. The number of amides is 1. The summed E-state index contributed by atoms with van der Waals surface area (Å²) in [6, 6.07) is 9.90. The van der Waals surface area contributed by atoms with Crippen molar-refractivity contribution in [2.75, 3.05) is 37.7 Å². The van der Waals surface area contributed by atoms with Gasteiger partial charge in [0.1, 0.15) is 0 Å². The number of anilines is 1. The molecule has 1 saturated carbocycles. The normalized spacial score (nSPS) is 20.5. The first-order valence-corrected chi connectivity index (χ1v) is 9.74. The fourth-order valence-electron chi connectivity index (χ4n) is 3.07. The lowest BCUT2D eigenvalue weighted by atomic mass is 10.2. The summed E-state index contributed by atoms with van der Waals surface area (Å²) < 4.78 is 5.65. The van der Waals surface area contributed by atoms with E-state index < -0.39 is 0 Å². The van der Waals surface area contributed by atoms with Crippen LogP contribution in [-0.2, 0) is 9.53 Å². The number of hydrogen-bond acceptors (Lipinski definition) is 3. The number of nitrogens with zero attached hydrogens (tertiary/aromatic N) is 2. The van der Waals surface area contributed by atoms with Crippen molar-refractivity contribution in [1.29, 1.82) is 0 Å². The van der Waals surface area contributed by atoms with Crippen LogP contribution in [0.2, 0.25) is 0 Å². The molecule has 1 unspecified atom stereocenters. The number of rotatable bonds is 9. The lowest BCUT2D eigenvalue weighted by Gasteiger charge is -2.19. The van der Waals surface area contributed by atoms with Crippen molar-refractivity contribution >= 4 is 17.6 Å². The van der Waals surface area contributed by atoms with Crippen molar-refractivity contribution in [2.45, 2.75) is 38.6 Å². The molecule has 1 aromatic rings. The van der Waals surface area contributed by atoms with Crippen LogP contribution in [0.25, 0.3) is 0 Å². The minimum Gasteiger partial charge on any atom is -0.381 e. The van der Waals surface area contributed by atoms with Gasteiger partial charge in [-0.2, -0.15) is 0 Å². The zero-order valence-electron chi connectivity index (χ0n) is 15.6. The quantitative estimate of drug-likeness (QED) is 0.403. The molecule has 142 valence electrons. The van der Waals surface area contributed by atoms with Gasteiger partial charge in [0, 0.05) is 45.0 Å². The molecule has 1 atom stereocenters. The van der Waals surface area contributed by atoms with E-state index in [1.54, 1.807) is 0 Å². The molecule has 2 aliphatic rings. The molecule has 2 N–H and O–H groups in total. The molecule has 1 amide bonds. The lowest BCUT2D eigenvalue weighted by Crippen LogP contribution is -2.44. The highest BCUT2D eigenvalue weighted by Gasteiger charge is 2.31. The van der Waals surface area contributed by atoms with Crippen LogP contribution < -0.4 is 15.5 Å². The fraction of sp³-hybridized carbons (Fsp3) is 0.600. The van der Waals surface area contributed by atoms with Crippen molar-refractivity contribution in [1.82, 2.24) is 10.6 Å². The summed E-state index contributed by atoms with van der Waals surface area (Å²) >= 11 is 0. The highest BCUT2D eigenvalue weighted by molar-refractivity contribution is 5.97. The average Bonchev–Trinajstić information content (AvgIpc) is 3.40. The van der Waals surface area contributed by atoms with Crippen LogP contribution in [-0.4, -0.2) is 50.8 Å². The van der Waals surface area contributed by atoms with Crippen LogP contribution in [0.4, 0.5) is 5.69 Å². The maximum absolute atomic E-state index is 12.3. The van der Waals surface area contributed by atoms with Crippen molar-refractivity contribution in [3.05, 3.63) is 30.3 Å². The number of carbonyl (C=O) groups excluding carboxylic acids is 1.